The van der Waals surface area contributed by atoms with E-state index in [1.54, 1.807) is 0 Å². The number of carbonyl (C=O) groups excluding carboxylic acids is 2. The number of imide groups is 1. The summed E-state index contributed by atoms with van der Waals surface area (Å²) in [7, 11) is 0. The van der Waals surface area contributed by atoms with Crippen LogP contribution in [0.1, 0.15) is 51.5 Å². The first-order valence-corrected chi connectivity index (χ1v) is 13.2. The Morgan fingerprint density at radius 3 is 2.42 bits per heavy atom. The van der Waals surface area contributed by atoms with Crippen molar-refractivity contribution in [2.24, 2.45) is 0 Å². The molecule has 2 heterocycles. The molecule has 1 aliphatic carbocycles. The van der Waals surface area contributed by atoms with Gasteiger partial charge in [-0.25, -0.2) is 0 Å². The molecule has 1 aromatic carbocycles. The maximum absolute atomic E-state index is 11.8. The molecule has 4 rings (SSSR count). The SMILES string of the molecule is CCO[C@@H]1CN(C2CCCC2)C(CCOc2ccc(CC3SC(=O)NC3=O)cc2)[C@@H]1OCC. The highest BCUT2D eigenvalue weighted by molar-refractivity contribution is 8.15. The Morgan fingerprint density at radius 1 is 1.06 bits per heavy atom. The second-order valence-electron chi connectivity index (χ2n) is 8.98. The highest BCUT2D eigenvalue weighted by Crippen LogP contribution is 2.34. The third kappa shape index (κ3) is 6.10. The third-order valence-corrected chi connectivity index (χ3v) is 7.87. The van der Waals surface area contributed by atoms with Gasteiger partial charge in [0.05, 0.1) is 18.0 Å². The van der Waals surface area contributed by atoms with Gasteiger partial charge in [0.1, 0.15) is 11.9 Å². The molecule has 1 saturated carbocycles. The molecule has 0 aromatic heterocycles. The van der Waals surface area contributed by atoms with Gasteiger partial charge in [0.25, 0.3) is 5.24 Å². The van der Waals surface area contributed by atoms with E-state index < -0.39 is 0 Å². The minimum atomic E-state index is -0.345. The van der Waals surface area contributed by atoms with E-state index in [4.69, 9.17) is 14.2 Å². The van der Waals surface area contributed by atoms with Crippen molar-refractivity contribution >= 4 is 22.9 Å². The summed E-state index contributed by atoms with van der Waals surface area (Å²) in [6.07, 6.45) is 6.79. The lowest BCUT2D eigenvalue weighted by Gasteiger charge is -2.32. The van der Waals surface area contributed by atoms with E-state index in [0.29, 0.717) is 38.3 Å². The Labute approximate surface area is 200 Å². The fraction of sp³-hybridized carbons (Fsp3) is 0.680. The first-order chi connectivity index (χ1) is 16.1. The Bertz CT molecular complexity index is 798. The molecule has 2 saturated heterocycles. The largest absolute Gasteiger partial charge is 0.494 e. The van der Waals surface area contributed by atoms with Crippen LogP contribution in [0.4, 0.5) is 4.79 Å². The van der Waals surface area contributed by atoms with Crippen LogP contribution in [-0.2, 0) is 20.7 Å². The van der Waals surface area contributed by atoms with Crippen molar-refractivity contribution in [3.05, 3.63) is 29.8 Å². The molecular weight excluding hydrogens is 440 g/mol. The summed E-state index contributed by atoms with van der Waals surface area (Å²) >= 11 is 1.06. The second-order valence-corrected chi connectivity index (χ2v) is 10.2. The molecule has 33 heavy (non-hydrogen) atoms. The van der Waals surface area contributed by atoms with Gasteiger partial charge < -0.3 is 14.2 Å². The van der Waals surface area contributed by atoms with Crippen LogP contribution in [0.15, 0.2) is 24.3 Å². The zero-order valence-electron chi connectivity index (χ0n) is 19.7. The monoisotopic (exact) mass is 476 g/mol. The summed E-state index contributed by atoms with van der Waals surface area (Å²) in [5.41, 5.74) is 1.02. The van der Waals surface area contributed by atoms with Crippen LogP contribution >= 0.6 is 11.8 Å². The molecule has 8 heteroatoms. The van der Waals surface area contributed by atoms with Crippen LogP contribution in [0.2, 0.25) is 0 Å². The number of nitrogens with zero attached hydrogens (tertiary/aromatic N) is 1. The number of benzene rings is 1. The number of ether oxygens (including phenoxy) is 3. The Morgan fingerprint density at radius 2 is 1.79 bits per heavy atom. The minimum Gasteiger partial charge on any atom is -0.494 e. The zero-order chi connectivity index (χ0) is 23.2. The lowest BCUT2D eigenvalue weighted by Crippen LogP contribution is -2.43. The number of hydrogen-bond acceptors (Lipinski definition) is 7. The Hall–Kier alpha value is -1.61. The number of carbonyl (C=O) groups is 2. The first kappa shape index (κ1) is 24.5. The predicted octanol–water partition coefficient (Wildman–Crippen LogP) is 3.79. The van der Waals surface area contributed by atoms with E-state index >= 15 is 0 Å². The van der Waals surface area contributed by atoms with Crippen LogP contribution in [0, 0.1) is 0 Å². The van der Waals surface area contributed by atoms with Gasteiger partial charge >= 0.3 is 0 Å². The molecule has 1 N–H and O–H groups in total. The maximum Gasteiger partial charge on any atom is 0.286 e. The average molecular weight is 477 g/mol. The van der Waals surface area contributed by atoms with E-state index in [1.165, 1.54) is 25.7 Å². The van der Waals surface area contributed by atoms with Crippen molar-refractivity contribution in [2.75, 3.05) is 26.4 Å². The molecule has 1 aromatic rings. The molecule has 4 atom stereocenters. The van der Waals surface area contributed by atoms with Gasteiger partial charge in [0, 0.05) is 31.8 Å². The molecule has 3 aliphatic rings. The molecule has 3 fully saturated rings. The number of nitrogens with one attached hydrogen (secondary N) is 1. The van der Waals surface area contributed by atoms with Crippen LogP contribution in [0.5, 0.6) is 5.75 Å². The van der Waals surface area contributed by atoms with Crippen LogP contribution in [-0.4, -0.2) is 72.0 Å². The molecule has 0 bridgehead atoms. The van der Waals surface area contributed by atoms with Crippen molar-refractivity contribution in [3.8, 4) is 5.75 Å². The highest BCUT2D eigenvalue weighted by Gasteiger charge is 2.45. The van der Waals surface area contributed by atoms with Gasteiger partial charge in [-0.15, -0.1) is 0 Å². The average Bonchev–Trinajstić information content (AvgIpc) is 3.51. The Kier molecular flexibility index (Phi) is 8.68. The topological polar surface area (TPSA) is 77.1 Å². The molecular formula is C25H36N2O5S. The normalized spacial score (nSPS) is 28.5. The Balaban J connectivity index is 1.33. The van der Waals surface area contributed by atoms with Gasteiger partial charge in [-0.3, -0.25) is 19.8 Å². The molecule has 7 nitrogen and oxygen atoms in total. The molecule has 0 spiro atoms. The summed E-state index contributed by atoms with van der Waals surface area (Å²) in [5, 5.41) is 1.73. The quantitative estimate of drug-likeness (QED) is 0.521. The van der Waals surface area contributed by atoms with Crippen molar-refractivity contribution in [1.29, 1.82) is 0 Å². The fourth-order valence-electron chi connectivity index (χ4n) is 5.40. The van der Waals surface area contributed by atoms with E-state index in [-0.39, 0.29) is 28.6 Å². The predicted molar refractivity (Wildman–Crippen MR) is 129 cm³/mol. The lowest BCUT2D eigenvalue weighted by molar-refractivity contribution is -0.118. The van der Waals surface area contributed by atoms with Crippen LogP contribution < -0.4 is 10.1 Å². The first-order valence-electron chi connectivity index (χ1n) is 12.3. The third-order valence-electron chi connectivity index (χ3n) is 6.89. The van der Waals surface area contributed by atoms with Crippen molar-refractivity contribution in [3.63, 3.8) is 0 Å². The van der Waals surface area contributed by atoms with E-state index in [0.717, 1.165) is 36.0 Å². The molecule has 2 amide bonds. The summed E-state index contributed by atoms with van der Waals surface area (Å²) in [6, 6.07) is 8.77. The maximum atomic E-state index is 11.8. The van der Waals surface area contributed by atoms with Gasteiger partial charge in [-0.2, -0.15) is 0 Å². The number of hydrogen-bond donors (Lipinski definition) is 1. The van der Waals surface area contributed by atoms with E-state index in [1.807, 2.05) is 24.3 Å². The summed E-state index contributed by atoms with van der Waals surface area (Å²) in [6.45, 7) is 7.06. The standard InChI is InChI=1S/C25H36N2O5S/c1-3-30-21-16-27(18-7-5-6-8-18)20(23(21)31-4-2)13-14-32-19-11-9-17(10-12-19)15-22-24(28)26-25(29)33-22/h9-12,18,20-23H,3-8,13-16H2,1-2H3,(H,26,28,29)/t20?,21-,22?,23+/m1/s1. The van der Waals surface area contributed by atoms with Gasteiger partial charge in [-0.1, -0.05) is 36.7 Å². The van der Waals surface area contributed by atoms with Gasteiger partial charge in [0.2, 0.25) is 5.91 Å². The zero-order valence-corrected chi connectivity index (χ0v) is 20.5. The smallest absolute Gasteiger partial charge is 0.286 e. The van der Waals surface area contributed by atoms with Crippen molar-refractivity contribution in [1.82, 2.24) is 10.2 Å². The van der Waals surface area contributed by atoms with Gasteiger partial charge in [0.15, 0.2) is 0 Å². The van der Waals surface area contributed by atoms with Crippen molar-refractivity contribution < 1.29 is 23.8 Å². The number of thioether (sulfide) groups is 1. The van der Waals surface area contributed by atoms with Gasteiger partial charge in [-0.05, 0) is 57.2 Å². The van der Waals surface area contributed by atoms with E-state index in [2.05, 4.69) is 24.1 Å². The number of rotatable bonds is 11. The number of likely N-dealkylation sites (tertiary alicyclic amines) is 1. The van der Waals surface area contributed by atoms with E-state index in [9.17, 15) is 9.59 Å². The number of amides is 2. The summed E-state index contributed by atoms with van der Waals surface area (Å²) in [5.74, 6) is 0.612. The highest BCUT2D eigenvalue weighted by atomic mass is 32.2. The molecule has 2 aliphatic heterocycles. The molecule has 2 unspecified atom stereocenters. The van der Waals surface area contributed by atoms with Crippen LogP contribution in [0.3, 0.4) is 0 Å². The second kappa shape index (κ2) is 11.7. The van der Waals surface area contributed by atoms with Crippen LogP contribution in [0.25, 0.3) is 0 Å². The van der Waals surface area contributed by atoms with Crippen molar-refractivity contribution in [2.45, 2.75) is 81.9 Å². The fourth-order valence-corrected chi connectivity index (χ4v) is 6.26. The molecule has 182 valence electrons. The lowest BCUT2D eigenvalue weighted by atomic mass is 10.1. The minimum absolute atomic E-state index is 0.0827. The molecule has 0 radical (unpaired) electrons. The summed E-state index contributed by atoms with van der Waals surface area (Å²) in [4.78, 5) is 25.8. The summed E-state index contributed by atoms with van der Waals surface area (Å²) < 4.78 is 18.4.